The summed E-state index contributed by atoms with van der Waals surface area (Å²) < 4.78 is 0. The van der Waals surface area contributed by atoms with E-state index in [9.17, 15) is 4.79 Å². The van der Waals surface area contributed by atoms with Gasteiger partial charge in [-0.3, -0.25) is 4.79 Å². The average Bonchev–Trinajstić information content (AvgIpc) is 3.11. The van der Waals surface area contributed by atoms with E-state index in [0.717, 1.165) is 19.3 Å². The molecule has 1 saturated carbocycles. The lowest BCUT2D eigenvalue weighted by Gasteiger charge is -2.25. The molecule has 3 heteroatoms. The first kappa shape index (κ1) is 16.7. The Kier molecular flexibility index (Phi) is 5.31. The minimum atomic E-state index is 0.101. The van der Waals surface area contributed by atoms with Crippen LogP contribution in [0.1, 0.15) is 24.8 Å². The molecule has 3 nitrogen and oxygen atoms in total. The highest BCUT2D eigenvalue weighted by Crippen LogP contribution is 2.33. The maximum Gasteiger partial charge on any atom is 0.226 e. The van der Waals surface area contributed by atoms with Gasteiger partial charge in [-0.15, -0.1) is 0 Å². The van der Waals surface area contributed by atoms with Gasteiger partial charge < -0.3 is 10.6 Å². The van der Waals surface area contributed by atoms with Crippen molar-refractivity contribution in [3.05, 3.63) is 60.2 Å². The molecule has 0 aromatic heterocycles. The predicted molar refractivity (Wildman–Crippen MR) is 98.2 cm³/mol. The van der Waals surface area contributed by atoms with Crippen LogP contribution in [0.5, 0.6) is 0 Å². The standard InChI is InChI=1S/C21H26N2O/c1-23(21(24)20-13-7-11-17(20)14-22)15-18-10-5-6-12-19(18)16-8-3-2-4-9-16/h2-6,8-10,12,17,20H,7,11,13-15,22H2,1H3/t17-,20-/m1/s1. The maximum atomic E-state index is 12.8. The molecule has 2 atom stereocenters. The normalized spacial score (nSPS) is 20.1. The summed E-state index contributed by atoms with van der Waals surface area (Å²) in [4.78, 5) is 14.7. The molecule has 0 bridgehead atoms. The second-order valence-corrected chi connectivity index (χ2v) is 6.75. The summed E-state index contributed by atoms with van der Waals surface area (Å²) in [6.45, 7) is 1.25. The van der Waals surface area contributed by atoms with E-state index in [1.807, 2.05) is 36.2 Å². The van der Waals surface area contributed by atoms with Crippen LogP contribution in [-0.2, 0) is 11.3 Å². The van der Waals surface area contributed by atoms with Crippen molar-refractivity contribution in [2.24, 2.45) is 17.6 Å². The summed E-state index contributed by atoms with van der Waals surface area (Å²) in [6, 6.07) is 18.7. The molecule has 1 aliphatic rings. The Hall–Kier alpha value is -2.13. The van der Waals surface area contributed by atoms with Crippen molar-refractivity contribution >= 4 is 5.91 Å². The van der Waals surface area contributed by atoms with E-state index in [2.05, 4.69) is 30.3 Å². The maximum absolute atomic E-state index is 12.8. The fraction of sp³-hybridized carbons (Fsp3) is 0.381. The lowest BCUT2D eigenvalue weighted by Crippen LogP contribution is -2.36. The number of benzene rings is 2. The van der Waals surface area contributed by atoms with Crippen LogP contribution < -0.4 is 5.73 Å². The van der Waals surface area contributed by atoms with Crippen molar-refractivity contribution in [2.75, 3.05) is 13.6 Å². The monoisotopic (exact) mass is 322 g/mol. The number of hydrogen-bond donors (Lipinski definition) is 1. The first-order chi connectivity index (χ1) is 11.7. The molecule has 1 aliphatic carbocycles. The quantitative estimate of drug-likeness (QED) is 0.912. The van der Waals surface area contributed by atoms with Crippen LogP contribution in [0, 0.1) is 11.8 Å². The van der Waals surface area contributed by atoms with Gasteiger partial charge in [0.15, 0.2) is 0 Å². The molecule has 1 fully saturated rings. The zero-order valence-corrected chi connectivity index (χ0v) is 14.3. The molecular formula is C21H26N2O. The van der Waals surface area contributed by atoms with E-state index in [1.165, 1.54) is 16.7 Å². The molecule has 3 rings (SSSR count). The minimum absolute atomic E-state index is 0.101. The molecule has 24 heavy (non-hydrogen) atoms. The summed E-state index contributed by atoms with van der Waals surface area (Å²) in [7, 11) is 1.91. The molecule has 0 spiro atoms. The smallest absolute Gasteiger partial charge is 0.226 e. The minimum Gasteiger partial charge on any atom is -0.341 e. The van der Waals surface area contributed by atoms with Gasteiger partial charge in [0.1, 0.15) is 0 Å². The molecule has 2 aromatic carbocycles. The predicted octanol–water partition coefficient (Wildman–Crippen LogP) is 3.69. The van der Waals surface area contributed by atoms with Gasteiger partial charge in [-0.05, 0) is 42.0 Å². The second-order valence-electron chi connectivity index (χ2n) is 6.75. The van der Waals surface area contributed by atoms with Crippen molar-refractivity contribution in [1.29, 1.82) is 0 Å². The molecular weight excluding hydrogens is 296 g/mol. The number of carbonyl (C=O) groups excluding carboxylic acids is 1. The number of nitrogens with two attached hydrogens (primary N) is 1. The Balaban J connectivity index is 1.78. The summed E-state index contributed by atoms with van der Waals surface area (Å²) in [5.41, 5.74) is 9.41. The van der Waals surface area contributed by atoms with Crippen molar-refractivity contribution in [2.45, 2.75) is 25.8 Å². The Bertz CT molecular complexity index is 683. The van der Waals surface area contributed by atoms with Crippen LogP contribution in [0.2, 0.25) is 0 Å². The number of amides is 1. The van der Waals surface area contributed by atoms with Crippen LogP contribution >= 0.6 is 0 Å². The molecule has 2 aromatic rings. The van der Waals surface area contributed by atoms with Gasteiger partial charge in [-0.2, -0.15) is 0 Å². The molecule has 1 amide bonds. The van der Waals surface area contributed by atoms with E-state index >= 15 is 0 Å². The molecule has 0 unspecified atom stereocenters. The van der Waals surface area contributed by atoms with Gasteiger partial charge in [0, 0.05) is 19.5 Å². The van der Waals surface area contributed by atoms with Crippen LogP contribution in [-0.4, -0.2) is 24.4 Å². The van der Waals surface area contributed by atoms with E-state index in [1.54, 1.807) is 0 Å². The van der Waals surface area contributed by atoms with Gasteiger partial charge in [0.25, 0.3) is 0 Å². The van der Waals surface area contributed by atoms with E-state index in [4.69, 9.17) is 5.73 Å². The van der Waals surface area contributed by atoms with E-state index in [-0.39, 0.29) is 11.8 Å². The molecule has 2 N–H and O–H groups in total. The Labute approximate surface area is 144 Å². The van der Waals surface area contributed by atoms with Gasteiger partial charge in [0.05, 0.1) is 0 Å². The highest BCUT2D eigenvalue weighted by molar-refractivity contribution is 5.79. The van der Waals surface area contributed by atoms with Crippen molar-refractivity contribution in [3.8, 4) is 11.1 Å². The first-order valence-corrected chi connectivity index (χ1v) is 8.79. The van der Waals surface area contributed by atoms with Crippen LogP contribution in [0.25, 0.3) is 11.1 Å². The fourth-order valence-electron chi connectivity index (χ4n) is 3.82. The number of nitrogens with zero attached hydrogens (tertiary/aromatic N) is 1. The third kappa shape index (κ3) is 3.51. The summed E-state index contributed by atoms with van der Waals surface area (Å²) in [5, 5.41) is 0. The highest BCUT2D eigenvalue weighted by atomic mass is 16.2. The van der Waals surface area contributed by atoms with Crippen LogP contribution in [0.3, 0.4) is 0 Å². The highest BCUT2D eigenvalue weighted by Gasteiger charge is 2.33. The third-order valence-corrected chi connectivity index (χ3v) is 5.16. The summed E-state index contributed by atoms with van der Waals surface area (Å²) in [5.74, 6) is 0.694. The Morgan fingerprint density at radius 1 is 1.08 bits per heavy atom. The number of rotatable bonds is 5. The zero-order valence-electron chi connectivity index (χ0n) is 14.3. The Morgan fingerprint density at radius 2 is 1.79 bits per heavy atom. The number of carbonyl (C=O) groups is 1. The fourth-order valence-corrected chi connectivity index (χ4v) is 3.82. The molecule has 126 valence electrons. The molecule has 0 saturated heterocycles. The largest absolute Gasteiger partial charge is 0.341 e. The van der Waals surface area contributed by atoms with Gasteiger partial charge >= 0.3 is 0 Å². The van der Waals surface area contributed by atoms with E-state index < -0.39 is 0 Å². The van der Waals surface area contributed by atoms with Crippen molar-refractivity contribution < 1.29 is 4.79 Å². The topological polar surface area (TPSA) is 46.3 Å². The second kappa shape index (κ2) is 7.63. The first-order valence-electron chi connectivity index (χ1n) is 8.79. The molecule has 0 aliphatic heterocycles. The zero-order chi connectivity index (χ0) is 16.9. The van der Waals surface area contributed by atoms with Gasteiger partial charge in [-0.25, -0.2) is 0 Å². The van der Waals surface area contributed by atoms with Gasteiger partial charge in [-0.1, -0.05) is 61.0 Å². The molecule has 0 heterocycles. The summed E-state index contributed by atoms with van der Waals surface area (Å²) >= 11 is 0. The van der Waals surface area contributed by atoms with Gasteiger partial charge in [0.2, 0.25) is 5.91 Å². The van der Waals surface area contributed by atoms with Crippen molar-refractivity contribution in [3.63, 3.8) is 0 Å². The van der Waals surface area contributed by atoms with E-state index in [0.29, 0.717) is 19.0 Å². The molecule has 0 radical (unpaired) electrons. The van der Waals surface area contributed by atoms with Crippen LogP contribution in [0.4, 0.5) is 0 Å². The van der Waals surface area contributed by atoms with Crippen molar-refractivity contribution in [1.82, 2.24) is 4.90 Å². The number of hydrogen-bond acceptors (Lipinski definition) is 2. The SMILES string of the molecule is CN(Cc1ccccc1-c1ccccc1)C(=O)[C@@H]1CCC[C@@H]1CN. The van der Waals surface area contributed by atoms with Crippen LogP contribution in [0.15, 0.2) is 54.6 Å². The summed E-state index contributed by atoms with van der Waals surface area (Å²) in [6.07, 6.45) is 3.18. The lowest BCUT2D eigenvalue weighted by atomic mass is 9.94. The lowest BCUT2D eigenvalue weighted by molar-refractivity contribution is -0.135. The average molecular weight is 322 g/mol. The third-order valence-electron chi connectivity index (χ3n) is 5.16. The Morgan fingerprint density at radius 3 is 2.54 bits per heavy atom.